The number of Topliss-reactive ketones (excluding diaryl/α,β-unsaturated/α-hetero) is 1. The lowest BCUT2D eigenvalue weighted by atomic mass is 9.72. The molecule has 1 aromatic carbocycles. The molecule has 0 bridgehead atoms. The fourth-order valence-corrected chi connectivity index (χ4v) is 7.52. The van der Waals surface area contributed by atoms with Crippen LogP contribution in [-0.2, 0) is 14.3 Å². The fourth-order valence-electron chi connectivity index (χ4n) is 7.52. The topological polar surface area (TPSA) is 77.1 Å². The van der Waals surface area contributed by atoms with E-state index in [1.165, 1.54) is 38.2 Å². The Bertz CT molecular complexity index is 1050. The van der Waals surface area contributed by atoms with Crippen LogP contribution in [0.1, 0.15) is 80.1 Å². The first-order valence-corrected chi connectivity index (χ1v) is 13.6. The van der Waals surface area contributed by atoms with Gasteiger partial charge in [0, 0.05) is 24.8 Å². The molecule has 2 saturated heterocycles. The van der Waals surface area contributed by atoms with Gasteiger partial charge in [0.1, 0.15) is 11.3 Å². The quantitative estimate of drug-likeness (QED) is 0.341. The van der Waals surface area contributed by atoms with E-state index in [9.17, 15) is 9.59 Å². The molecule has 1 aromatic rings. The normalized spacial score (nSPS) is 30.6. The van der Waals surface area contributed by atoms with Crippen LogP contribution in [0, 0.1) is 11.8 Å². The molecule has 196 valence electrons. The van der Waals surface area contributed by atoms with E-state index in [1.54, 1.807) is 14.2 Å². The van der Waals surface area contributed by atoms with Gasteiger partial charge in [-0.25, -0.2) is 4.79 Å². The van der Waals surface area contributed by atoms with Gasteiger partial charge in [0.15, 0.2) is 5.78 Å². The van der Waals surface area contributed by atoms with E-state index < -0.39 is 5.54 Å². The third-order valence-electron chi connectivity index (χ3n) is 9.34. The van der Waals surface area contributed by atoms with Crippen molar-refractivity contribution in [1.29, 1.82) is 0 Å². The Morgan fingerprint density at radius 3 is 2.64 bits per heavy atom. The number of carbonyl (C=O) groups is 2. The molecular weight excluding hydrogens is 456 g/mol. The van der Waals surface area contributed by atoms with Crippen molar-refractivity contribution in [3.63, 3.8) is 0 Å². The summed E-state index contributed by atoms with van der Waals surface area (Å²) in [5.41, 5.74) is 2.65. The Labute approximate surface area is 214 Å². The number of benzene rings is 1. The molecule has 3 fully saturated rings. The minimum atomic E-state index is -0.702. The molecule has 4 atom stereocenters. The number of esters is 1. The number of methoxy groups -OCH3 is 3. The van der Waals surface area contributed by atoms with E-state index in [4.69, 9.17) is 14.2 Å². The van der Waals surface area contributed by atoms with Gasteiger partial charge in [-0.3, -0.25) is 9.69 Å². The molecule has 3 aliphatic heterocycles. The average molecular weight is 497 g/mol. The van der Waals surface area contributed by atoms with Crippen molar-refractivity contribution in [3.8, 4) is 5.75 Å². The summed E-state index contributed by atoms with van der Waals surface area (Å²) in [4.78, 5) is 29.5. The lowest BCUT2D eigenvalue weighted by molar-refractivity contribution is -0.137. The second-order valence-corrected chi connectivity index (χ2v) is 10.9. The molecule has 1 spiro atoms. The molecule has 1 N–H and O–H groups in total. The van der Waals surface area contributed by atoms with Crippen LogP contribution in [0.4, 0.5) is 5.69 Å². The Morgan fingerprint density at radius 1 is 1.19 bits per heavy atom. The number of hydrogen-bond donors (Lipinski definition) is 1. The Morgan fingerprint density at radius 2 is 1.97 bits per heavy atom. The summed E-state index contributed by atoms with van der Waals surface area (Å²) in [6, 6.07) is 4.25. The van der Waals surface area contributed by atoms with Gasteiger partial charge in [-0.1, -0.05) is 38.7 Å². The zero-order valence-electron chi connectivity index (χ0n) is 22.1. The number of fused-ring (bicyclic) bond motifs is 3. The van der Waals surface area contributed by atoms with E-state index >= 15 is 0 Å². The van der Waals surface area contributed by atoms with Crippen molar-refractivity contribution in [2.24, 2.45) is 11.8 Å². The van der Waals surface area contributed by atoms with Crippen molar-refractivity contribution in [2.75, 3.05) is 39.7 Å². The largest absolute Gasteiger partial charge is 0.504 e. The van der Waals surface area contributed by atoms with Crippen molar-refractivity contribution >= 4 is 17.4 Å². The first-order chi connectivity index (χ1) is 17.5. The first-order valence-electron chi connectivity index (χ1n) is 13.6. The third kappa shape index (κ3) is 3.90. The summed E-state index contributed by atoms with van der Waals surface area (Å²) >= 11 is 0. The van der Waals surface area contributed by atoms with E-state index in [0.717, 1.165) is 55.8 Å². The van der Waals surface area contributed by atoms with Crippen LogP contribution in [0.2, 0.25) is 0 Å². The maximum absolute atomic E-state index is 14.3. The maximum atomic E-state index is 14.3. The summed E-state index contributed by atoms with van der Waals surface area (Å²) in [5, 5.41) is 3.69. The number of nitrogens with one attached hydrogen (secondary N) is 1. The zero-order valence-corrected chi connectivity index (χ0v) is 22.1. The van der Waals surface area contributed by atoms with Crippen LogP contribution in [0.3, 0.4) is 0 Å². The SMILES string of the molecule is CC[C@@H]1CN2CC[C@]3(Nc4ccc(C5CCCCC5)c(OC)c4C3=O)[C@@H]2C[C@@H]1/C(=C\OC)C(=O)OC. The predicted octanol–water partition coefficient (Wildman–Crippen LogP) is 4.91. The van der Waals surface area contributed by atoms with Gasteiger partial charge in [-0.2, -0.15) is 0 Å². The molecule has 0 amide bonds. The van der Waals surface area contributed by atoms with Gasteiger partial charge in [-0.05, 0) is 55.1 Å². The molecule has 0 radical (unpaired) electrons. The summed E-state index contributed by atoms with van der Waals surface area (Å²) in [7, 11) is 4.67. The van der Waals surface area contributed by atoms with Crippen molar-refractivity contribution in [3.05, 3.63) is 35.1 Å². The van der Waals surface area contributed by atoms with Gasteiger partial charge in [-0.15, -0.1) is 0 Å². The van der Waals surface area contributed by atoms with E-state index in [-0.39, 0.29) is 23.7 Å². The summed E-state index contributed by atoms with van der Waals surface area (Å²) in [6.07, 6.45) is 9.99. The highest BCUT2D eigenvalue weighted by molar-refractivity contribution is 6.16. The Kier molecular flexibility index (Phi) is 7.03. The van der Waals surface area contributed by atoms with Gasteiger partial charge >= 0.3 is 5.97 Å². The molecule has 1 aliphatic carbocycles. The second-order valence-electron chi connectivity index (χ2n) is 10.9. The minimum absolute atomic E-state index is 0.0158. The third-order valence-corrected chi connectivity index (χ3v) is 9.34. The lowest BCUT2D eigenvalue weighted by Gasteiger charge is -2.45. The second kappa shape index (κ2) is 10.1. The Hall–Kier alpha value is -2.54. The zero-order chi connectivity index (χ0) is 25.4. The highest BCUT2D eigenvalue weighted by Crippen LogP contribution is 2.52. The molecule has 3 heterocycles. The number of nitrogens with zero attached hydrogens (tertiary/aromatic N) is 1. The summed E-state index contributed by atoms with van der Waals surface area (Å²) < 4.78 is 16.4. The van der Waals surface area contributed by atoms with Gasteiger partial charge in [0.25, 0.3) is 0 Å². The van der Waals surface area contributed by atoms with Crippen LogP contribution in [0.5, 0.6) is 5.75 Å². The maximum Gasteiger partial charge on any atom is 0.337 e. The molecule has 7 nitrogen and oxygen atoms in total. The van der Waals surface area contributed by atoms with E-state index in [0.29, 0.717) is 23.8 Å². The van der Waals surface area contributed by atoms with Gasteiger partial charge < -0.3 is 19.5 Å². The standard InChI is InChI=1S/C29H40N2O5/c1-5-18-16-31-14-13-29(24(31)15-21(18)22(17-34-2)28(33)36-4)27(32)25-23(30-29)12-11-20(26(25)35-3)19-9-7-6-8-10-19/h11-12,17-19,21,24,30H,5-10,13-16H2,1-4H3/b22-17+/t18-,21+,24+,29+/m1/s1. The predicted molar refractivity (Wildman–Crippen MR) is 138 cm³/mol. The van der Waals surface area contributed by atoms with E-state index in [1.807, 2.05) is 0 Å². The van der Waals surface area contributed by atoms with Crippen LogP contribution in [0.15, 0.2) is 24.0 Å². The van der Waals surface area contributed by atoms with Crippen LogP contribution >= 0.6 is 0 Å². The molecule has 5 rings (SSSR count). The van der Waals surface area contributed by atoms with Crippen LogP contribution in [-0.4, -0.2) is 62.7 Å². The van der Waals surface area contributed by atoms with Gasteiger partial charge in [0.05, 0.1) is 38.7 Å². The first kappa shape index (κ1) is 25.1. The summed E-state index contributed by atoms with van der Waals surface area (Å²) in [6.45, 7) is 3.87. The number of anilines is 1. The van der Waals surface area contributed by atoms with Gasteiger partial charge in [0.2, 0.25) is 0 Å². The average Bonchev–Trinajstić information content (AvgIpc) is 3.42. The number of rotatable bonds is 6. The summed E-state index contributed by atoms with van der Waals surface area (Å²) in [5.74, 6) is 1.27. The van der Waals surface area contributed by atoms with E-state index in [2.05, 4.69) is 29.3 Å². The fraction of sp³-hybridized carbons (Fsp3) is 0.655. The van der Waals surface area contributed by atoms with Crippen molar-refractivity contribution in [2.45, 2.75) is 75.8 Å². The number of piperidine rings is 1. The molecule has 4 aliphatic rings. The number of carbonyl (C=O) groups excluding carboxylic acids is 2. The van der Waals surface area contributed by atoms with Crippen molar-refractivity contribution < 1.29 is 23.8 Å². The lowest BCUT2D eigenvalue weighted by Crippen LogP contribution is -2.57. The number of ketones is 1. The smallest absolute Gasteiger partial charge is 0.337 e. The molecular formula is C29H40N2O5. The molecule has 36 heavy (non-hydrogen) atoms. The molecule has 0 aromatic heterocycles. The highest BCUT2D eigenvalue weighted by atomic mass is 16.5. The minimum Gasteiger partial charge on any atom is -0.504 e. The van der Waals surface area contributed by atoms with Crippen LogP contribution < -0.4 is 10.1 Å². The molecule has 1 saturated carbocycles. The monoisotopic (exact) mass is 496 g/mol. The number of ether oxygens (including phenoxy) is 3. The highest BCUT2D eigenvalue weighted by Gasteiger charge is 2.60. The number of hydrogen-bond acceptors (Lipinski definition) is 7. The molecule has 7 heteroatoms. The van der Waals surface area contributed by atoms with Crippen LogP contribution in [0.25, 0.3) is 0 Å². The molecule has 0 unspecified atom stereocenters. The Balaban J connectivity index is 1.50. The van der Waals surface area contributed by atoms with Crippen molar-refractivity contribution in [1.82, 2.24) is 4.90 Å².